The number of thiophene rings is 1. The third-order valence-electron chi connectivity index (χ3n) is 7.45. The number of rotatable bonds is 4. The van der Waals surface area contributed by atoms with Crippen LogP contribution in [0.4, 0.5) is 0 Å². The quantitative estimate of drug-likeness (QED) is 0.912. The van der Waals surface area contributed by atoms with Crippen LogP contribution < -0.4 is 5.73 Å². The van der Waals surface area contributed by atoms with Crippen molar-refractivity contribution in [2.45, 2.75) is 49.7 Å². The second-order valence-electron chi connectivity index (χ2n) is 8.46. The molecule has 24 heavy (non-hydrogen) atoms. The van der Waals surface area contributed by atoms with Gasteiger partial charge in [-0.2, -0.15) is 0 Å². The van der Waals surface area contributed by atoms with E-state index < -0.39 is 0 Å². The first kappa shape index (κ1) is 15.4. The minimum atomic E-state index is -0.325. The van der Waals surface area contributed by atoms with Crippen LogP contribution in [0.25, 0.3) is 0 Å². The molecule has 1 aliphatic heterocycles. The molecule has 5 heteroatoms. The minimum absolute atomic E-state index is 0.212. The van der Waals surface area contributed by atoms with Crippen molar-refractivity contribution in [2.75, 3.05) is 20.2 Å². The standard InChI is InChI=1S/C19H26N2O2S/c1-23-19(16-6-5-15(24-16)17(20)22)13-3-2-4-14(19)11-21(10-13)18-7-12(8-18)9-18/h5-6,12-14H,2-4,7-11H2,1H3,(H2,20,22). The summed E-state index contributed by atoms with van der Waals surface area (Å²) >= 11 is 1.55. The maximum Gasteiger partial charge on any atom is 0.258 e. The number of primary amides is 1. The highest BCUT2D eigenvalue weighted by Crippen LogP contribution is 2.63. The fraction of sp³-hybridized carbons (Fsp3) is 0.737. The molecule has 1 saturated heterocycles. The van der Waals surface area contributed by atoms with Crippen molar-refractivity contribution in [1.82, 2.24) is 4.90 Å². The number of methoxy groups -OCH3 is 1. The lowest BCUT2D eigenvalue weighted by Gasteiger charge is -2.70. The van der Waals surface area contributed by atoms with Gasteiger partial charge in [-0.05, 0) is 50.2 Å². The predicted molar refractivity (Wildman–Crippen MR) is 94.0 cm³/mol. The number of piperidine rings is 1. The number of carbonyl (C=O) groups excluding carboxylic acids is 1. The molecule has 0 spiro atoms. The number of fused-ring (bicyclic) bond motifs is 2. The highest BCUT2D eigenvalue weighted by Gasteiger charge is 2.64. The largest absolute Gasteiger partial charge is 0.372 e. The van der Waals surface area contributed by atoms with Gasteiger partial charge in [-0.3, -0.25) is 9.69 Å². The summed E-state index contributed by atoms with van der Waals surface area (Å²) < 4.78 is 6.28. The average Bonchev–Trinajstić information content (AvgIpc) is 2.93. The lowest BCUT2D eigenvalue weighted by atomic mass is 9.48. The Morgan fingerprint density at radius 2 is 1.92 bits per heavy atom. The summed E-state index contributed by atoms with van der Waals surface area (Å²) in [5, 5.41) is 0. The van der Waals surface area contributed by atoms with E-state index in [0.29, 0.717) is 22.3 Å². The molecule has 2 atom stereocenters. The SMILES string of the molecule is COC1(c2ccc(C(N)=O)s2)C2CCCC1CN(C13CC(C1)C3)C2. The van der Waals surface area contributed by atoms with Gasteiger partial charge in [0, 0.05) is 42.5 Å². The fourth-order valence-corrected chi connectivity index (χ4v) is 7.34. The van der Waals surface area contributed by atoms with Gasteiger partial charge in [-0.25, -0.2) is 0 Å². The zero-order chi connectivity index (χ0) is 16.5. The molecule has 4 saturated carbocycles. The Kier molecular flexibility index (Phi) is 3.23. The van der Waals surface area contributed by atoms with E-state index in [9.17, 15) is 4.79 Å². The molecule has 4 bridgehead atoms. The van der Waals surface area contributed by atoms with Crippen LogP contribution in [-0.2, 0) is 10.3 Å². The maximum atomic E-state index is 11.6. The van der Waals surface area contributed by atoms with Gasteiger partial charge >= 0.3 is 0 Å². The molecule has 4 nitrogen and oxygen atoms in total. The molecule has 1 aromatic heterocycles. The van der Waals surface area contributed by atoms with Gasteiger partial charge < -0.3 is 10.5 Å². The van der Waals surface area contributed by atoms with E-state index in [2.05, 4.69) is 11.0 Å². The molecule has 0 aromatic carbocycles. The second-order valence-corrected chi connectivity index (χ2v) is 9.54. The molecule has 130 valence electrons. The first-order chi connectivity index (χ1) is 11.6. The van der Waals surface area contributed by atoms with Crippen molar-refractivity contribution in [3.05, 3.63) is 21.9 Å². The zero-order valence-corrected chi connectivity index (χ0v) is 15.1. The third kappa shape index (κ3) is 1.84. The Morgan fingerprint density at radius 3 is 2.38 bits per heavy atom. The van der Waals surface area contributed by atoms with Gasteiger partial charge in [0.2, 0.25) is 0 Å². The van der Waals surface area contributed by atoms with Crippen LogP contribution in [0.3, 0.4) is 0 Å². The summed E-state index contributed by atoms with van der Waals surface area (Å²) in [5.41, 5.74) is 5.83. The lowest BCUT2D eigenvalue weighted by molar-refractivity contribution is -0.225. The number of hydrogen-bond donors (Lipinski definition) is 1. The number of nitrogens with zero attached hydrogens (tertiary/aromatic N) is 1. The molecule has 2 N–H and O–H groups in total. The number of carbonyl (C=O) groups is 1. The normalized spacial score (nSPS) is 43.8. The van der Waals surface area contributed by atoms with Gasteiger partial charge in [-0.15, -0.1) is 11.3 Å². The smallest absolute Gasteiger partial charge is 0.258 e. The highest BCUT2D eigenvalue weighted by molar-refractivity contribution is 7.14. The first-order valence-electron chi connectivity index (χ1n) is 9.28. The number of hydrogen-bond acceptors (Lipinski definition) is 4. The molecule has 5 fully saturated rings. The van der Waals surface area contributed by atoms with E-state index in [0.717, 1.165) is 19.0 Å². The highest BCUT2D eigenvalue weighted by atomic mass is 32.1. The van der Waals surface area contributed by atoms with E-state index in [1.54, 1.807) is 11.3 Å². The van der Waals surface area contributed by atoms with E-state index in [1.165, 1.54) is 43.4 Å². The summed E-state index contributed by atoms with van der Waals surface area (Å²) in [6.07, 6.45) is 8.04. The van der Waals surface area contributed by atoms with Crippen LogP contribution >= 0.6 is 11.3 Å². The zero-order valence-electron chi connectivity index (χ0n) is 14.3. The Morgan fingerprint density at radius 1 is 1.25 bits per heavy atom. The summed E-state index contributed by atoms with van der Waals surface area (Å²) in [4.78, 5) is 16.2. The average molecular weight is 346 g/mol. The van der Waals surface area contributed by atoms with Crippen LogP contribution in [0.15, 0.2) is 12.1 Å². The maximum absolute atomic E-state index is 11.6. The van der Waals surface area contributed by atoms with Crippen LogP contribution in [0.2, 0.25) is 0 Å². The Labute approximate surface area is 147 Å². The molecule has 1 aromatic rings. The number of amides is 1. The Hall–Kier alpha value is -0.910. The number of likely N-dealkylation sites (tertiary alicyclic amines) is 1. The molecule has 4 aliphatic carbocycles. The van der Waals surface area contributed by atoms with Crippen LogP contribution in [0.1, 0.15) is 53.1 Å². The lowest BCUT2D eigenvalue weighted by Crippen LogP contribution is -2.73. The molecule has 5 aliphatic rings. The fourth-order valence-electron chi connectivity index (χ4n) is 6.16. The summed E-state index contributed by atoms with van der Waals surface area (Å²) in [7, 11) is 1.87. The van der Waals surface area contributed by atoms with Gasteiger partial charge in [0.1, 0.15) is 5.60 Å². The van der Waals surface area contributed by atoms with Crippen molar-refractivity contribution in [2.24, 2.45) is 23.5 Å². The Bertz CT molecular complexity index is 654. The summed E-state index contributed by atoms with van der Waals surface area (Å²) in [6.45, 7) is 2.31. The van der Waals surface area contributed by atoms with Gasteiger partial charge in [-0.1, -0.05) is 6.42 Å². The van der Waals surface area contributed by atoms with E-state index in [4.69, 9.17) is 10.5 Å². The first-order valence-corrected chi connectivity index (χ1v) is 10.1. The minimum Gasteiger partial charge on any atom is -0.372 e. The van der Waals surface area contributed by atoms with Gasteiger partial charge in [0.15, 0.2) is 0 Å². The number of nitrogens with two attached hydrogens (primary N) is 1. The van der Waals surface area contributed by atoms with Crippen LogP contribution in [0, 0.1) is 17.8 Å². The summed E-state index contributed by atoms with van der Waals surface area (Å²) in [5.74, 6) is 1.76. The van der Waals surface area contributed by atoms with Gasteiger partial charge in [0.25, 0.3) is 5.91 Å². The van der Waals surface area contributed by atoms with Gasteiger partial charge in [0.05, 0.1) is 4.88 Å². The monoisotopic (exact) mass is 346 g/mol. The Balaban J connectivity index is 1.49. The summed E-state index contributed by atoms with van der Waals surface area (Å²) in [6, 6.07) is 3.97. The van der Waals surface area contributed by atoms with Crippen molar-refractivity contribution in [3.63, 3.8) is 0 Å². The molecular formula is C19H26N2O2S. The van der Waals surface area contributed by atoms with E-state index in [-0.39, 0.29) is 11.5 Å². The van der Waals surface area contributed by atoms with Crippen molar-refractivity contribution in [3.8, 4) is 0 Å². The molecule has 2 heterocycles. The number of ether oxygens (including phenoxy) is 1. The van der Waals surface area contributed by atoms with Crippen molar-refractivity contribution in [1.29, 1.82) is 0 Å². The van der Waals surface area contributed by atoms with Crippen LogP contribution in [0.5, 0.6) is 0 Å². The van der Waals surface area contributed by atoms with E-state index in [1.807, 2.05) is 13.2 Å². The van der Waals surface area contributed by atoms with Crippen molar-refractivity contribution >= 4 is 17.2 Å². The molecular weight excluding hydrogens is 320 g/mol. The molecule has 0 radical (unpaired) electrons. The topological polar surface area (TPSA) is 55.6 Å². The van der Waals surface area contributed by atoms with Crippen LogP contribution in [-0.4, -0.2) is 36.5 Å². The van der Waals surface area contributed by atoms with E-state index >= 15 is 0 Å². The third-order valence-corrected chi connectivity index (χ3v) is 8.68. The molecule has 6 rings (SSSR count). The predicted octanol–water partition coefficient (Wildman–Crippen LogP) is 2.97. The molecule has 2 unspecified atom stereocenters. The van der Waals surface area contributed by atoms with Crippen molar-refractivity contribution < 1.29 is 9.53 Å². The second kappa shape index (κ2) is 5.05. The molecule has 1 amide bonds.